The first-order chi connectivity index (χ1) is 14.1. The van der Waals surface area contributed by atoms with Gasteiger partial charge in [0.1, 0.15) is 5.69 Å². The first kappa shape index (κ1) is 20.9. The molecule has 3 rings (SSSR count). The fraction of sp³-hybridized carbons (Fsp3) is 0.286. The highest BCUT2D eigenvalue weighted by Gasteiger charge is 2.24. The second kappa shape index (κ2) is 10.1. The third kappa shape index (κ3) is 5.58. The van der Waals surface area contributed by atoms with Crippen LogP contribution in [0.3, 0.4) is 0 Å². The number of para-hydroxylation sites is 3. The number of hydrogen-bond acceptors (Lipinski definition) is 6. The van der Waals surface area contributed by atoms with E-state index < -0.39 is 0 Å². The zero-order valence-electron chi connectivity index (χ0n) is 16.1. The molecule has 0 aromatic heterocycles. The highest BCUT2D eigenvalue weighted by Crippen LogP contribution is 2.29. The Hall–Kier alpha value is -2.84. The molecule has 1 N–H and O–H groups in total. The van der Waals surface area contributed by atoms with Gasteiger partial charge in [0, 0.05) is 42.9 Å². The number of nitrogens with zero attached hydrogens (tertiary/aromatic N) is 3. The van der Waals surface area contributed by atoms with E-state index in [1.165, 1.54) is 6.07 Å². The number of anilines is 2. The predicted octanol–water partition coefficient (Wildman–Crippen LogP) is 3.63. The van der Waals surface area contributed by atoms with Crippen molar-refractivity contribution in [1.82, 2.24) is 4.90 Å². The summed E-state index contributed by atoms with van der Waals surface area (Å²) in [6.07, 6.45) is 1.83. The van der Waals surface area contributed by atoms with Crippen LogP contribution in [0.15, 0.2) is 66.1 Å². The molecule has 0 atom stereocenters. The number of thioether (sulfide) groups is 1. The van der Waals surface area contributed by atoms with Gasteiger partial charge in [-0.05, 0) is 18.2 Å². The zero-order valence-corrected chi connectivity index (χ0v) is 16.9. The molecule has 29 heavy (non-hydrogen) atoms. The fourth-order valence-electron chi connectivity index (χ4n) is 3.27. The number of hydrogen-bond donors (Lipinski definition) is 1. The van der Waals surface area contributed by atoms with Crippen molar-refractivity contribution in [1.29, 1.82) is 0 Å². The standard InChI is InChI=1S/C21H24N4O3S/c1-2-15-29-20-10-6-3-7-17(20)22-21(26)16-23-11-13-24(14-12-23)18-8-4-5-9-19(18)25(27)28/h2-10H,1,11-16H2,(H,22,26). The molecule has 1 heterocycles. The van der Waals surface area contributed by atoms with Gasteiger partial charge in [-0.3, -0.25) is 19.8 Å². The maximum atomic E-state index is 12.5. The van der Waals surface area contributed by atoms with Gasteiger partial charge in [-0.2, -0.15) is 0 Å². The molecule has 1 fully saturated rings. The van der Waals surface area contributed by atoms with Crippen LogP contribution < -0.4 is 10.2 Å². The van der Waals surface area contributed by atoms with E-state index in [0.717, 1.165) is 16.3 Å². The summed E-state index contributed by atoms with van der Waals surface area (Å²) in [6, 6.07) is 14.5. The van der Waals surface area contributed by atoms with Crippen LogP contribution in [0.4, 0.5) is 17.1 Å². The third-order valence-electron chi connectivity index (χ3n) is 4.68. The quantitative estimate of drug-likeness (QED) is 0.309. The summed E-state index contributed by atoms with van der Waals surface area (Å²) >= 11 is 1.63. The van der Waals surface area contributed by atoms with Gasteiger partial charge in [-0.25, -0.2) is 0 Å². The molecule has 8 heteroatoms. The van der Waals surface area contributed by atoms with Gasteiger partial charge in [-0.1, -0.05) is 30.3 Å². The number of nitro benzene ring substituents is 1. The number of amides is 1. The van der Waals surface area contributed by atoms with Crippen LogP contribution >= 0.6 is 11.8 Å². The molecule has 0 radical (unpaired) electrons. The normalized spacial score (nSPS) is 14.4. The second-order valence-electron chi connectivity index (χ2n) is 6.65. The molecular weight excluding hydrogens is 388 g/mol. The monoisotopic (exact) mass is 412 g/mol. The molecule has 0 saturated carbocycles. The molecule has 0 spiro atoms. The summed E-state index contributed by atoms with van der Waals surface area (Å²) in [5, 5.41) is 14.2. The number of carbonyl (C=O) groups excluding carboxylic acids is 1. The molecule has 1 amide bonds. The lowest BCUT2D eigenvalue weighted by atomic mass is 10.2. The summed E-state index contributed by atoms with van der Waals surface area (Å²) in [5.74, 6) is 0.719. The molecule has 0 unspecified atom stereocenters. The van der Waals surface area contributed by atoms with Crippen molar-refractivity contribution in [2.45, 2.75) is 4.90 Å². The zero-order chi connectivity index (χ0) is 20.6. The van der Waals surface area contributed by atoms with Gasteiger partial charge in [0.25, 0.3) is 5.69 Å². The highest BCUT2D eigenvalue weighted by atomic mass is 32.2. The minimum absolute atomic E-state index is 0.0594. The van der Waals surface area contributed by atoms with E-state index in [-0.39, 0.29) is 16.5 Å². The van der Waals surface area contributed by atoms with Crippen molar-refractivity contribution in [3.8, 4) is 0 Å². The first-order valence-corrected chi connectivity index (χ1v) is 10.4. The van der Waals surface area contributed by atoms with Crippen LogP contribution in [-0.2, 0) is 4.79 Å². The second-order valence-corrected chi connectivity index (χ2v) is 7.71. The Bertz CT molecular complexity index is 882. The maximum Gasteiger partial charge on any atom is 0.292 e. The Morgan fingerprint density at radius 2 is 1.83 bits per heavy atom. The van der Waals surface area contributed by atoms with E-state index >= 15 is 0 Å². The Morgan fingerprint density at radius 3 is 2.55 bits per heavy atom. The lowest BCUT2D eigenvalue weighted by molar-refractivity contribution is -0.384. The topological polar surface area (TPSA) is 78.7 Å². The van der Waals surface area contributed by atoms with Gasteiger partial charge in [0.2, 0.25) is 5.91 Å². The van der Waals surface area contributed by atoms with Gasteiger partial charge in [0.05, 0.1) is 17.2 Å². The van der Waals surface area contributed by atoms with Gasteiger partial charge in [-0.15, -0.1) is 18.3 Å². The summed E-state index contributed by atoms with van der Waals surface area (Å²) in [4.78, 5) is 28.5. The average molecular weight is 413 g/mol. The molecule has 0 bridgehead atoms. The Balaban J connectivity index is 1.54. The minimum atomic E-state index is -0.350. The van der Waals surface area contributed by atoms with Crippen molar-refractivity contribution in [3.63, 3.8) is 0 Å². The number of benzene rings is 2. The van der Waals surface area contributed by atoms with E-state index in [1.54, 1.807) is 23.9 Å². The van der Waals surface area contributed by atoms with E-state index in [1.807, 2.05) is 41.3 Å². The third-order valence-corrected chi connectivity index (χ3v) is 5.75. The van der Waals surface area contributed by atoms with Crippen molar-refractivity contribution in [3.05, 3.63) is 71.3 Å². The van der Waals surface area contributed by atoms with Crippen LogP contribution in [0.25, 0.3) is 0 Å². The van der Waals surface area contributed by atoms with E-state index in [2.05, 4.69) is 16.8 Å². The first-order valence-electron chi connectivity index (χ1n) is 9.42. The largest absolute Gasteiger partial charge is 0.363 e. The van der Waals surface area contributed by atoms with Gasteiger partial charge < -0.3 is 10.2 Å². The van der Waals surface area contributed by atoms with Crippen molar-refractivity contribution in [2.24, 2.45) is 0 Å². The lowest BCUT2D eigenvalue weighted by Gasteiger charge is -2.35. The van der Waals surface area contributed by atoms with E-state index in [0.29, 0.717) is 38.4 Å². The molecule has 2 aromatic rings. The maximum absolute atomic E-state index is 12.5. The van der Waals surface area contributed by atoms with Crippen LogP contribution in [-0.4, -0.2) is 54.2 Å². The molecule has 1 aliphatic heterocycles. The SMILES string of the molecule is C=CCSc1ccccc1NC(=O)CN1CCN(c2ccccc2[N+](=O)[O-])CC1. The van der Waals surface area contributed by atoms with Crippen LogP contribution in [0.1, 0.15) is 0 Å². The van der Waals surface area contributed by atoms with E-state index in [4.69, 9.17) is 0 Å². The Labute approximate surface area is 174 Å². The summed E-state index contributed by atoms with van der Waals surface area (Å²) < 4.78 is 0. The Morgan fingerprint density at radius 1 is 1.14 bits per heavy atom. The summed E-state index contributed by atoms with van der Waals surface area (Å²) in [7, 11) is 0. The fourth-order valence-corrected chi connectivity index (χ4v) is 4.02. The Kier molecular flexibility index (Phi) is 7.26. The highest BCUT2D eigenvalue weighted by molar-refractivity contribution is 7.99. The molecule has 2 aromatic carbocycles. The molecule has 1 aliphatic rings. The van der Waals surface area contributed by atoms with Crippen LogP contribution in [0.5, 0.6) is 0 Å². The molecule has 152 valence electrons. The predicted molar refractivity (Wildman–Crippen MR) is 118 cm³/mol. The summed E-state index contributed by atoms with van der Waals surface area (Å²) in [5.41, 5.74) is 1.56. The minimum Gasteiger partial charge on any atom is -0.363 e. The van der Waals surface area contributed by atoms with E-state index in [9.17, 15) is 14.9 Å². The van der Waals surface area contributed by atoms with Gasteiger partial charge in [0.15, 0.2) is 0 Å². The number of rotatable bonds is 8. The van der Waals surface area contributed by atoms with Crippen molar-refractivity contribution >= 4 is 34.7 Å². The molecule has 1 saturated heterocycles. The van der Waals surface area contributed by atoms with Crippen molar-refractivity contribution in [2.75, 3.05) is 48.7 Å². The van der Waals surface area contributed by atoms with Crippen LogP contribution in [0.2, 0.25) is 0 Å². The number of nitrogens with one attached hydrogen (secondary N) is 1. The van der Waals surface area contributed by atoms with Gasteiger partial charge >= 0.3 is 0 Å². The van der Waals surface area contributed by atoms with Crippen LogP contribution in [0, 0.1) is 10.1 Å². The molecule has 7 nitrogen and oxygen atoms in total. The smallest absolute Gasteiger partial charge is 0.292 e. The molecule has 0 aliphatic carbocycles. The lowest BCUT2D eigenvalue weighted by Crippen LogP contribution is -2.48. The summed E-state index contributed by atoms with van der Waals surface area (Å²) in [6.45, 7) is 6.66. The van der Waals surface area contributed by atoms with Crippen molar-refractivity contribution < 1.29 is 9.72 Å². The average Bonchev–Trinajstić information content (AvgIpc) is 2.73. The number of nitro groups is 1. The number of carbonyl (C=O) groups is 1. The number of piperazine rings is 1. The molecular formula is C21H24N4O3S.